The summed E-state index contributed by atoms with van der Waals surface area (Å²) in [5.74, 6) is 1.35. The fraction of sp³-hybridized carbons (Fsp3) is 0.158. The Labute approximate surface area is 166 Å². The Morgan fingerprint density at radius 1 is 1.22 bits per heavy atom. The third-order valence-corrected chi connectivity index (χ3v) is 4.07. The van der Waals surface area contributed by atoms with Gasteiger partial charge in [-0.3, -0.25) is 4.79 Å². The van der Waals surface area contributed by atoms with E-state index in [-0.39, 0.29) is 13.4 Å². The summed E-state index contributed by atoms with van der Waals surface area (Å²) in [7, 11) is 0. The second-order valence-electron chi connectivity index (χ2n) is 5.60. The second-order valence-corrected chi connectivity index (χ2v) is 6.44. The Morgan fingerprint density at radius 3 is 2.89 bits per heavy atom. The van der Waals surface area contributed by atoms with Crippen molar-refractivity contribution in [2.75, 3.05) is 13.4 Å². The van der Waals surface area contributed by atoms with Gasteiger partial charge in [0.2, 0.25) is 6.79 Å². The first-order valence-corrected chi connectivity index (χ1v) is 8.75. The molecule has 1 N–H and O–H groups in total. The van der Waals surface area contributed by atoms with E-state index < -0.39 is 5.91 Å². The van der Waals surface area contributed by atoms with Crippen LogP contribution in [0.2, 0.25) is 10.0 Å². The molecule has 0 saturated heterocycles. The van der Waals surface area contributed by atoms with Crippen LogP contribution in [0, 0.1) is 0 Å². The lowest BCUT2D eigenvalue weighted by molar-refractivity contribution is -0.123. The molecule has 2 aromatic carbocycles. The zero-order chi connectivity index (χ0) is 19.2. The zero-order valence-corrected chi connectivity index (χ0v) is 15.9. The minimum atomic E-state index is -0.415. The topological polar surface area (TPSA) is 69.2 Å². The number of hydrogen-bond acceptors (Lipinski definition) is 5. The molecule has 0 radical (unpaired) electrons. The van der Waals surface area contributed by atoms with Crippen LogP contribution in [0.3, 0.4) is 0 Å². The Hall–Kier alpha value is -2.70. The second kappa shape index (κ2) is 8.79. The van der Waals surface area contributed by atoms with Gasteiger partial charge in [-0.15, -0.1) is 0 Å². The van der Waals surface area contributed by atoms with Gasteiger partial charge in [0.25, 0.3) is 5.91 Å². The molecular weight excluding hydrogens is 391 g/mol. The van der Waals surface area contributed by atoms with Gasteiger partial charge in [-0.25, -0.2) is 5.43 Å². The number of rotatable bonds is 6. The number of amides is 1. The van der Waals surface area contributed by atoms with Gasteiger partial charge < -0.3 is 14.2 Å². The van der Waals surface area contributed by atoms with Crippen molar-refractivity contribution in [1.29, 1.82) is 0 Å². The van der Waals surface area contributed by atoms with Gasteiger partial charge in [-0.05, 0) is 42.8 Å². The molecule has 0 atom stereocenters. The normalized spacial score (nSPS) is 13.1. The molecule has 27 heavy (non-hydrogen) atoms. The van der Waals surface area contributed by atoms with E-state index in [1.54, 1.807) is 31.2 Å². The Bertz CT molecular complexity index is 913. The first kappa shape index (κ1) is 19.1. The average molecular weight is 407 g/mol. The minimum Gasteiger partial charge on any atom is -0.482 e. The number of carbonyl (C=O) groups excluding carboxylic acids is 1. The SMILES string of the molecule is CC(C=Cc1ccc2c(c1)OCO2)=NNC(=O)COc1cc(Cl)ccc1Cl. The van der Waals surface area contributed by atoms with Crippen molar-refractivity contribution in [3.8, 4) is 17.2 Å². The van der Waals surface area contributed by atoms with Crippen LogP contribution in [0.15, 0.2) is 47.6 Å². The molecule has 0 saturated carbocycles. The maximum Gasteiger partial charge on any atom is 0.277 e. The first-order chi connectivity index (χ1) is 13.0. The molecule has 1 heterocycles. The van der Waals surface area contributed by atoms with Crippen LogP contribution in [0.25, 0.3) is 6.08 Å². The highest BCUT2D eigenvalue weighted by Gasteiger charge is 2.12. The summed E-state index contributed by atoms with van der Waals surface area (Å²) in [5.41, 5.74) is 3.96. The van der Waals surface area contributed by atoms with E-state index in [4.69, 9.17) is 37.4 Å². The number of benzene rings is 2. The van der Waals surface area contributed by atoms with Crippen LogP contribution in [-0.2, 0) is 4.79 Å². The van der Waals surface area contributed by atoms with Gasteiger partial charge >= 0.3 is 0 Å². The summed E-state index contributed by atoms with van der Waals surface area (Å²) >= 11 is 11.8. The summed E-state index contributed by atoms with van der Waals surface area (Å²) in [6.45, 7) is 1.76. The molecule has 0 aromatic heterocycles. The molecule has 2 aromatic rings. The highest BCUT2D eigenvalue weighted by molar-refractivity contribution is 6.34. The molecule has 3 rings (SSSR count). The van der Waals surface area contributed by atoms with Crippen molar-refractivity contribution in [1.82, 2.24) is 5.43 Å². The van der Waals surface area contributed by atoms with Gasteiger partial charge in [0.05, 0.1) is 10.7 Å². The van der Waals surface area contributed by atoms with E-state index in [2.05, 4.69) is 10.5 Å². The summed E-state index contributed by atoms with van der Waals surface area (Å²) in [6.07, 6.45) is 3.63. The summed E-state index contributed by atoms with van der Waals surface area (Å²) in [6, 6.07) is 10.4. The molecule has 0 fully saturated rings. The van der Waals surface area contributed by atoms with E-state index in [1.165, 1.54) is 0 Å². The van der Waals surface area contributed by atoms with Crippen molar-refractivity contribution < 1.29 is 19.0 Å². The van der Waals surface area contributed by atoms with Crippen LogP contribution in [0.4, 0.5) is 0 Å². The zero-order valence-electron chi connectivity index (χ0n) is 14.4. The lowest BCUT2D eigenvalue weighted by Gasteiger charge is -2.07. The summed E-state index contributed by atoms with van der Waals surface area (Å²) in [4.78, 5) is 11.8. The monoisotopic (exact) mass is 406 g/mol. The molecule has 8 heteroatoms. The number of hydrogen-bond donors (Lipinski definition) is 1. The Kier molecular flexibility index (Phi) is 6.21. The van der Waals surface area contributed by atoms with Crippen molar-refractivity contribution in [3.63, 3.8) is 0 Å². The summed E-state index contributed by atoms with van der Waals surface area (Å²) in [5, 5.41) is 4.84. The predicted molar refractivity (Wildman–Crippen MR) is 105 cm³/mol. The molecule has 0 bridgehead atoms. The molecule has 1 amide bonds. The number of halogens is 2. The number of fused-ring (bicyclic) bond motifs is 1. The van der Waals surface area contributed by atoms with Gasteiger partial charge in [-0.2, -0.15) is 5.10 Å². The van der Waals surface area contributed by atoms with Crippen LogP contribution in [0.5, 0.6) is 17.2 Å². The Balaban J connectivity index is 1.51. The molecular formula is C19H16Cl2N2O4. The van der Waals surface area contributed by atoms with Crippen molar-refractivity contribution in [3.05, 3.63) is 58.1 Å². The smallest absolute Gasteiger partial charge is 0.277 e. The van der Waals surface area contributed by atoms with Gasteiger partial charge in [0, 0.05) is 11.1 Å². The third kappa shape index (κ3) is 5.39. The van der Waals surface area contributed by atoms with Crippen LogP contribution in [-0.4, -0.2) is 25.0 Å². The average Bonchev–Trinajstić information content (AvgIpc) is 3.13. The summed E-state index contributed by atoms with van der Waals surface area (Å²) < 4.78 is 15.9. The molecule has 0 unspecified atom stereocenters. The lowest BCUT2D eigenvalue weighted by Crippen LogP contribution is -2.25. The first-order valence-electron chi connectivity index (χ1n) is 8.00. The number of nitrogens with zero attached hydrogens (tertiary/aromatic N) is 1. The molecule has 1 aliphatic heterocycles. The number of nitrogens with one attached hydrogen (secondary N) is 1. The van der Waals surface area contributed by atoms with Gasteiger partial charge in [-0.1, -0.05) is 35.3 Å². The van der Waals surface area contributed by atoms with E-state index >= 15 is 0 Å². The molecule has 1 aliphatic rings. The number of carbonyl (C=O) groups is 1. The van der Waals surface area contributed by atoms with Crippen molar-refractivity contribution in [2.24, 2.45) is 5.10 Å². The molecule has 6 nitrogen and oxygen atoms in total. The maximum absolute atomic E-state index is 11.8. The van der Waals surface area contributed by atoms with E-state index in [0.717, 1.165) is 11.3 Å². The maximum atomic E-state index is 11.8. The van der Waals surface area contributed by atoms with E-state index in [1.807, 2.05) is 24.3 Å². The molecule has 140 valence electrons. The van der Waals surface area contributed by atoms with Gasteiger partial charge in [0.1, 0.15) is 5.75 Å². The number of allylic oxidation sites excluding steroid dienone is 1. The number of ether oxygens (including phenoxy) is 3. The highest BCUT2D eigenvalue weighted by atomic mass is 35.5. The van der Waals surface area contributed by atoms with Crippen LogP contribution < -0.4 is 19.6 Å². The number of hydrazone groups is 1. The Morgan fingerprint density at radius 2 is 2.04 bits per heavy atom. The lowest BCUT2D eigenvalue weighted by atomic mass is 10.2. The van der Waals surface area contributed by atoms with E-state index in [9.17, 15) is 4.79 Å². The third-order valence-electron chi connectivity index (χ3n) is 3.52. The standard InChI is InChI=1S/C19H16Cl2N2O4/c1-12(2-3-13-4-7-16-18(8-13)27-11-26-16)22-23-19(24)10-25-17-9-14(20)5-6-15(17)21/h2-9H,10-11H2,1H3,(H,23,24). The molecule has 0 spiro atoms. The molecule has 0 aliphatic carbocycles. The fourth-order valence-electron chi connectivity index (χ4n) is 2.18. The van der Waals surface area contributed by atoms with Crippen molar-refractivity contribution in [2.45, 2.75) is 6.92 Å². The fourth-order valence-corrected chi connectivity index (χ4v) is 2.52. The van der Waals surface area contributed by atoms with Gasteiger partial charge in [0.15, 0.2) is 18.1 Å². The van der Waals surface area contributed by atoms with Crippen LogP contribution >= 0.6 is 23.2 Å². The largest absolute Gasteiger partial charge is 0.482 e. The minimum absolute atomic E-state index is 0.233. The van der Waals surface area contributed by atoms with E-state index in [0.29, 0.717) is 27.3 Å². The van der Waals surface area contributed by atoms with Crippen molar-refractivity contribution >= 4 is 40.9 Å². The highest BCUT2D eigenvalue weighted by Crippen LogP contribution is 2.32. The van der Waals surface area contributed by atoms with Crippen LogP contribution in [0.1, 0.15) is 12.5 Å². The predicted octanol–water partition coefficient (Wildman–Crippen LogP) is 4.31. The quantitative estimate of drug-likeness (QED) is 0.573.